The second-order valence-corrected chi connectivity index (χ2v) is 4.41. The van der Waals surface area contributed by atoms with Crippen molar-refractivity contribution < 1.29 is 4.42 Å². The maximum absolute atomic E-state index is 5.66. The third-order valence-corrected chi connectivity index (χ3v) is 3.04. The molecule has 0 saturated carbocycles. The largest absolute Gasteiger partial charge is 0.441 e. The number of benzene rings is 1. The van der Waals surface area contributed by atoms with Crippen LogP contribution in [0.2, 0.25) is 0 Å². The summed E-state index contributed by atoms with van der Waals surface area (Å²) in [5.41, 5.74) is 10.7. The standard InChI is InChI=1S/C14H14N4O/c1-8-12(6-15)18-13(7-16-8)10-3-4-11-14(5-10)19-9(2)17-11/h3-5,7H,6,15H2,1-2H3. The van der Waals surface area contributed by atoms with Gasteiger partial charge in [0.2, 0.25) is 0 Å². The molecule has 0 aliphatic rings. The first-order valence-corrected chi connectivity index (χ1v) is 6.07. The number of nitrogens with zero attached hydrogens (tertiary/aromatic N) is 3. The van der Waals surface area contributed by atoms with Gasteiger partial charge in [-0.15, -0.1) is 0 Å². The molecular formula is C14H14N4O. The van der Waals surface area contributed by atoms with Crippen LogP contribution in [0.25, 0.3) is 22.4 Å². The zero-order chi connectivity index (χ0) is 13.4. The summed E-state index contributed by atoms with van der Waals surface area (Å²) in [5.74, 6) is 0.657. The normalized spacial score (nSPS) is 11.1. The molecular weight excluding hydrogens is 240 g/mol. The highest BCUT2D eigenvalue weighted by molar-refractivity contribution is 5.79. The molecule has 0 radical (unpaired) electrons. The number of hydrogen-bond acceptors (Lipinski definition) is 5. The fourth-order valence-electron chi connectivity index (χ4n) is 2.02. The van der Waals surface area contributed by atoms with Crippen molar-refractivity contribution in [2.75, 3.05) is 0 Å². The Balaban J connectivity index is 2.12. The van der Waals surface area contributed by atoms with Gasteiger partial charge >= 0.3 is 0 Å². The molecule has 3 aromatic rings. The summed E-state index contributed by atoms with van der Waals surface area (Å²) in [5, 5.41) is 0. The number of nitrogens with two attached hydrogens (primary N) is 1. The van der Waals surface area contributed by atoms with E-state index in [1.165, 1.54) is 0 Å². The van der Waals surface area contributed by atoms with Crippen LogP contribution in [-0.2, 0) is 6.54 Å². The summed E-state index contributed by atoms with van der Waals surface area (Å²) in [6.45, 7) is 4.12. The van der Waals surface area contributed by atoms with E-state index in [0.717, 1.165) is 33.7 Å². The highest BCUT2D eigenvalue weighted by Gasteiger charge is 2.08. The van der Waals surface area contributed by atoms with Crippen molar-refractivity contribution in [1.29, 1.82) is 0 Å². The van der Waals surface area contributed by atoms with Crippen molar-refractivity contribution >= 4 is 11.1 Å². The predicted octanol–water partition coefficient (Wildman–Crippen LogP) is 2.36. The van der Waals surface area contributed by atoms with Gasteiger partial charge in [0.1, 0.15) is 5.52 Å². The van der Waals surface area contributed by atoms with Gasteiger partial charge in [0.05, 0.1) is 23.3 Å². The molecule has 0 fully saturated rings. The molecule has 0 atom stereocenters. The van der Waals surface area contributed by atoms with E-state index in [0.29, 0.717) is 12.4 Å². The van der Waals surface area contributed by atoms with Gasteiger partial charge in [-0.3, -0.25) is 4.98 Å². The summed E-state index contributed by atoms with van der Waals surface area (Å²) >= 11 is 0. The molecule has 0 aliphatic carbocycles. The van der Waals surface area contributed by atoms with Crippen LogP contribution in [0, 0.1) is 13.8 Å². The average molecular weight is 254 g/mol. The molecule has 19 heavy (non-hydrogen) atoms. The maximum Gasteiger partial charge on any atom is 0.192 e. The minimum absolute atomic E-state index is 0.385. The van der Waals surface area contributed by atoms with Crippen molar-refractivity contribution in [3.8, 4) is 11.3 Å². The van der Waals surface area contributed by atoms with Gasteiger partial charge in [-0.2, -0.15) is 0 Å². The molecule has 3 rings (SSSR count). The van der Waals surface area contributed by atoms with Crippen LogP contribution in [0.1, 0.15) is 17.3 Å². The van der Waals surface area contributed by atoms with Crippen molar-refractivity contribution in [2.24, 2.45) is 5.73 Å². The van der Waals surface area contributed by atoms with Gasteiger partial charge in [-0.25, -0.2) is 9.97 Å². The lowest BCUT2D eigenvalue weighted by atomic mass is 10.1. The van der Waals surface area contributed by atoms with Gasteiger partial charge in [-0.1, -0.05) is 6.07 Å². The van der Waals surface area contributed by atoms with E-state index in [1.54, 1.807) is 6.20 Å². The summed E-state index contributed by atoms with van der Waals surface area (Å²) in [4.78, 5) is 13.1. The second-order valence-electron chi connectivity index (χ2n) is 4.41. The van der Waals surface area contributed by atoms with E-state index in [2.05, 4.69) is 15.0 Å². The molecule has 0 unspecified atom stereocenters. The van der Waals surface area contributed by atoms with E-state index in [9.17, 15) is 0 Å². The molecule has 1 aromatic carbocycles. The van der Waals surface area contributed by atoms with E-state index >= 15 is 0 Å². The molecule has 0 amide bonds. The monoisotopic (exact) mass is 254 g/mol. The van der Waals surface area contributed by atoms with Gasteiger partial charge in [-0.05, 0) is 19.1 Å². The Kier molecular flexibility index (Phi) is 2.76. The Morgan fingerprint density at radius 3 is 2.84 bits per heavy atom. The van der Waals surface area contributed by atoms with E-state index in [4.69, 9.17) is 10.2 Å². The highest BCUT2D eigenvalue weighted by Crippen LogP contribution is 2.23. The lowest BCUT2D eigenvalue weighted by Crippen LogP contribution is -2.05. The third-order valence-electron chi connectivity index (χ3n) is 3.04. The Bertz CT molecular complexity index is 748. The lowest BCUT2D eigenvalue weighted by Gasteiger charge is -2.05. The minimum atomic E-state index is 0.385. The molecule has 5 heteroatoms. The molecule has 5 nitrogen and oxygen atoms in total. The van der Waals surface area contributed by atoms with E-state index in [-0.39, 0.29) is 0 Å². The number of aromatic nitrogens is 3. The predicted molar refractivity (Wildman–Crippen MR) is 72.4 cm³/mol. The smallest absolute Gasteiger partial charge is 0.192 e. The summed E-state index contributed by atoms with van der Waals surface area (Å²) in [6, 6.07) is 5.81. The van der Waals surface area contributed by atoms with Gasteiger partial charge in [0.15, 0.2) is 11.5 Å². The van der Waals surface area contributed by atoms with Gasteiger partial charge < -0.3 is 10.2 Å². The van der Waals surface area contributed by atoms with Gasteiger partial charge in [0.25, 0.3) is 0 Å². The Labute approximate surface area is 110 Å². The molecule has 2 heterocycles. The summed E-state index contributed by atoms with van der Waals surface area (Å²) < 4.78 is 5.53. The van der Waals surface area contributed by atoms with Gasteiger partial charge in [0, 0.05) is 19.0 Å². The molecule has 0 bridgehead atoms. The molecule has 2 aromatic heterocycles. The van der Waals surface area contributed by atoms with Crippen LogP contribution in [0.15, 0.2) is 28.8 Å². The number of hydrogen-bond donors (Lipinski definition) is 1. The van der Waals surface area contributed by atoms with Crippen LogP contribution in [-0.4, -0.2) is 15.0 Å². The maximum atomic E-state index is 5.66. The van der Waals surface area contributed by atoms with Crippen LogP contribution < -0.4 is 5.73 Å². The number of rotatable bonds is 2. The lowest BCUT2D eigenvalue weighted by molar-refractivity contribution is 0.561. The van der Waals surface area contributed by atoms with Crippen LogP contribution in [0.4, 0.5) is 0 Å². The second kappa shape index (κ2) is 4.44. The first-order chi connectivity index (χ1) is 9.17. The zero-order valence-electron chi connectivity index (χ0n) is 10.8. The molecule has 2 N–H and O–H groups in total. The Morgan fingerprint density at radius 2 is 2.05 bits per heavy atom. The number of aryl methyl sites for hydroxylation is 2. The fourth-order valence-corrected chi connectivity index (χ4v) is 2.02. The quantitative estimate of drug-likeness (QED) is 0.759. The average Bonchev–Trinajstić information content (AvgIpc) is 2.78. The van der Waals surface area contributed by atoms with Crippen LogP contribution in [0.3, 0.4) is 0 Å². The number of oxazole rings is 1. The number of fused-ring (bicyclic) bond motifs is 1. The first-order valence-electron chi connectivity index (χ1n) is 6.07. The topological polar surface area (TPSA) is 77.8 Å². The fraction of sp³-hybridized carbons (Fsp3) is 0.214. The Hall–Kier alpha value is -2.27. The Morgan fingerprint density at radius 1 is 1.21 bits per heavy atom. The molecule has 96 valence electrons. The van der Waals surface area contributed by atoms with Crippen LogP contribution >= 0.6 is 0 Å². The molecule has 0 spiro atoms. The van der Waals surface area contributed by atoms with Crippen LogP contribution in [0.5, 0.6) is 0 Å². The summed E-state index contributed by atoms with van der Waals surface area (Å²) in [6.07, 6.45) is 1.75. The SMILES string of the molecule is Cc1nc2ccc(-c3cnc(C)c(CN)n3)cc2o1. The van der Waals surface area contributed by atoms with Crippen molar-refractivity contribution in [1.82, 2.24) is 15.0 Å². The van der Waals surface area contributed by atoms with E-state index in [1.807, 2.05) is 32.0 Å². The molecule has 0 saturated heterocycles. The zero-order valence-corrected chi connectivity index (χ0v) is 10.8. The first kappa shape index (κ1) is 11.8. The summed E-state index contributed by atoms with van der Waals surface area (Å²) in [7, 11) is 0. The van der Waals surface area contributed by atoms with Crippen molar-refractivity contribution in [3.05, 3.63) is 41.7 Å². The van der Waals surface area contributed by atoms with Crippen molar-refractivity contribution in [3.63, 3.8) is 0 Å². The van der Waals surface area contributed by atoms with E-state index < -0.39 is 0 Å². The highest BCUT2D eigenvalue weighted by atomic mass is 16.3. The van der Waals surface area contributed by atoms with Crippen molar-refractivity contribution in [2.45, 2.75) is 20.4 Å². The third kappa shape index (κ3) is 2.08. The minimum Gasteiger partial charge on any atom is -0.441 e. The molecule has 0 aliphatic heterocycles.